The number of piperidine rings is 1. The van der Waals surface area contributed by atoms with Crippen LogP contribution in [0.3, 0.4) is 0 Å². The van der Waals surface area contributed by atoms with Gasteiger partial charge in [0.1, 0.15) is 0 Å². The first kappa shape index (κ1) is 13.3. The lowest BCUT2D eigenvalue weighted by Gasteiger charge is -2.34. The van der Waals surface area contributed by atoms with E-state index in [1.165, 1.54) is 6.20 Å². The van der Waals surface area contributed by atoms with E-state index in [9.17, 15) is 4.79 Å². The quantitative estimate of drug-likeness (QED) is 0.829. The first-order valence-corrected chi connectivity index (χ1v) is 5.73. The minimum Gasteiger partial charge on any atom is -0.345 e. The minimum atomic E-state index is -0.117. The lowest BCUT2D eigenvalue weighted by Crippen LogP contribution is -2.52. The number of carbonyl (C=O) groups excluding carboxylic acids is 1. The summed E-state index contributed by atoms with van der Waals surface area (Å²) in [5, 5.41) is 6.29. The second-order valence-electron chi connectivity index (χ2n) is 4.06. The van der Waals surface area contributed by atoms with Gasteiger partial charge in [0.05, 0.1) is 17.9 Å². The Morgan fingerprint density at radius 3 is 2.81 bits per heavy atom. The van der Waals surface area contributed by atoms with Crippen LogP contribution in [0.5, 0.6) is 0 Å². The van der Waals surface area contributed by atoms with Crippen LogP contribution in [0, 0.1) is 0 Å². The van der Waals surface area contributed by atoms with Crippen molar-refractivity contribution in [1.82, 2.24) is 19.4 Å². The highest BCUT2D eigenvalue weighted by Crippen LogP contribution is 2.17. The molecule has 1 fully saturated rings. The fourth-order valence-electron chi connectivity index (χ4n) is 1.71. The fourth-order valence-corrected chi connectivity index (χ4v) is 2.12. The standard InChI is InChI=1S/C9H14N4OS.ClH/c1-9(2-4-10-5-3-9)12-8(14)7-6-11-15-13-7;/h6,10H,2-5H2,1H3,(H,12,14);1H. The smallest absolute Gasteiger partial charge is 0.273 e. The fraction of sp³-hybridized carbons (Fsp3) is 0.667. The van der Waals surface area contributed by atoms with E-state index in [4.69, 9.17) is 0 Å². The predicted molar refractivity (Wildman–Crippen MR) is 65.1 cm³/mol. The highest BCUT2D eigenvalue weighted by molar-refractivity contribution is 6.99. The molecule has 0 aromatic carbocycles. The number of nitrogens with one attached hydrogen (secondary N) is 2. The number of rotatable bonds is 2. The number of aromatic nitrogens is 2. The molecule has 90 valence electrons. The van der Waals surface area contributed by atoms with Gasteiger partial charge in [-0.15, -0.1) is 12.4 Å². The van der Waals surface area contributed by atoms with Crippen molar-refractivity contribution in [2.45, 2.75) is 25.3 Å². The van der Waals surface area contributed by atoms with Gasteiger partial charge in [0, 0.05) is 5.54 Å². The van der Waals surface area contributed by atoms with Gasteiger partial charge >= 0.3 is 0 Å². The maximum absolute atomic E-state index is 11.8. The van der Waals surface area contributed by atoms with E-state index >= 15 is 0 Å². The molecule has 2 N–H and O–H groups in total. The van der Waals surface area contributed by atoms with Crippen LogP contribution in [0.15, 0.2) is 6.20 Å². The number of nitrogens with zero attached hydrogens (tertiary/aromatic N) is 2. The molecule has 1 aromatic rings. The van der Waals surface area contributed by atoms with Gasteiger partial charge in [-0.1, -0.05) is 0 Å². The van der Waals surface area contributed by atoms with Gasteiger partial charge in [0.2, 0.25) is 0 Å². The Labute approximate surface area is 105 Å². The van der Waals surface area contributed by atoms with Crippen molar-refractivity contribution in [1.29, 1.82) is 0 Å². The van der Waals surface area contributed by atoms with Crippen LogP contribution in [0.1, 0.15) is 30.3 Å². The van der Waals surface area contributed by atoms with E-state index in [2.05, 4.69) is 26.3 Å². The van der Waals surface area contributed by atoms with E-state index in [0.717, 1.165) is 37.7 Å². The van der Waals surface area contributed by atoms with Crippen LogP contribution >= 0.6 is 24.1 Å². The molecule has 1 amide bonds. The molecular formula is C9H15ClN4OS. The summed E-state index contributed by atoms with van der Waals surface area (Å²) in [5.41, 5.74) is 0.311. The molecule has 5 nitrogen and oxygen atoms in total. The summed E-state index contributed by atoms with van der Waals surface area (Å²) in [6.07, 6.45) is 3.41. The molecule has 0 saturated carbocycles. The maximum Gasteiger partial charge on any atom is 0.273 e. The Morgan fingerprint density at radius 2 is 2.25 bits per heavy atom. The zero-order valence-corrected chi connectivity index (χ0v) is 10.7. The van der Waals surface area contributed by atoms with Gasteiger partial charge < -0.3 is 10.6 Å². The Hall–Kier alpha value is -0.720. The molecule has 0 radical (unpaired) electrons. The van der Waals surface area contributed by atoms with Gasteiger partial charge in [-0.05, 0) is 32.9 Å². The van der Waals surface area contributed by atoms with Gasteiger partial charge in [-0.25, -0.2) is 0 Å². The average Bonchev–Trinajstić information content (AvgIpc) is 2.70. The summed E-state index contributed by atoms with van der Waals surface area (Å²) in [4.78, 5) is 11.8. The molecule has 0 aliphatic carbocycles. The van der Waals surface area contributed by atoms with E-state index < -0.39 is 0 Å². The molecule has 1 saturated heterocycles. The molecule has 0 bridgehead atoms. The summed E-state index contributed by atoms with van der Waals surface area (Å²) in [7, 11) is 0. The summed E-state index contributed by atoms with van der Waals surface area (Å²) < 4.78 is 7.73. The van der Waals surface area contributed by atoms with Gasteiger partial charge in [-0.2, -0.15) is 8.75 Å². The van der Waals surface area contributed by atoms with Crippen molar-refractivity contribution in [3.8, 4) is 0 Å². The molecule has 0 spiro atoms. The molecule has 0 unspecified atom stereocenters. The highest BCUT2D eigenvalue weighted by Gasteiger charge is 2.29. The third kappa shape index (κ3) is 3.13. The van der Waals surface area contributed by atoms with Crippen molar-refractivity contribution in [2.75, 3.05) is 13.1 Å². The van der Waals surface area contributed by atoms with Crippen molar-refractivity contribution < 1.29 is 4.79 Å². The lowest BCUT2D eigenvalue weighted by molar-refractivity contribution is 0.0883. The summed E-state index contributed by atoms with van der Waals surface area (Å²) in [6, 6.07) is 0. The van der Waals surface area contributed by atoms with Gasteiger partial charge in [0.25, 0.3) is 5.91 Å². The molecule has 7 heteroatoms. The van der Waals surface area contributed by atoms with Crippen LogP contribution < -0.4 is 10.6 Å². The third-order valence-corrected chi connectivity index (χ3v) is 3.19. The van der Waals surface area contributed by atoms with E-state index in [1.54, 1.807) is 0 Å². The second-order valence-corrected chi connectivity index (χ2v) is 4.61. The number of hydrogen-bond acceptors (Lipinski definition) is 5. The van der Waals surface area contributed by atoms with Gasteiger partial charge in [-0.3, -0.25) is 4.79 Å². The predicted octanol–water partition coefficient (Wildman–Crippen LogP) is 0.832. The first-order valence-electron chi connectivity index (χ1n) is 5.00. The van der Waals surface area contributed by atoms with E-state index in [0.29, 0.717) is 5.69 Å². The van der Waals surface area contributed by atoms with Crippen LogP contribution in [0.25, 0.3) is 0 Å². The van der Waals surface area contributed by atoms with Crippen molar-refractivity contribution in [3.05, 3.63) is 11.9 Å². The number of amides is 1. The number of carbonyl (C=O) groups is 1. The topological polar surface area (TPSA) is 66.9 Å². The zero-order chi connectivity index (χ0) is 10.7. The summed E-state index contributed by atoms with van der Waals surface area (Å²) in [5.74, 6) is -0.117. The van der Waals surface area contributed by atoms with Crippen LogP contribution in [0.4, 0.5) is 0 Å². The molecule has 1 aliphatic rings. The summed E-state index contributed by atoms with van der Waals surface area (Å²) in [6.45, 7) is 3.98. The Kier molecular flexibility index (Phi) is 4.64. The molecule has 0 atom stereocenters. The Morgan fingerprint density at radius 1 is 1.56 bits per heavy atom. The normalized spacial score (nSPS) is 18.6. The van der Waals surface area contributed by atoms with Crippen LogP contribution in [-0.2, 0) is 0 Å². The minimum absolute atomic E-state index is 0. The largest absolute Gasteiger partial charge is 0.345 e. The van der Waals surface area contributed by atoms with Crippen molar-refractivity contribution in [3.63, 3.8) is 0 Å². The molecule has 1 aromatic heterocycles. The monoisotopic (exact) mass is 262 g/mol. The van der Waals surface area contributed by atoms with E-state index in [-0.39, 0.29) is 23.9 Å². The third-order valence-electron chi connectivity index (χ3n) is 2.72. The SMILES string of the molecule is CC1(NC(=O)c2cnsn2)CCNCC1.Cl. The van der Waals surface area contributed by atoms with Crippen LogP contribution in [-0.4, -0.2) is 33.3 Å². The molecule has 2 rings (SSSR count). The number of halogens is 1. The van der Waals surface area contributed by atoms with Crippen molar-refractivity contribution >= 4 is 30.0 Å². The Bertz CT molecular complexity index is 337. The first-order chi connectivity index (χ1) is 7.20. The Balaban J connectivity index is 0.00000128. The van der Waals surface area contributed by atoms with E-state index in [1.807, 2.05) is 0 Å². The molecule has 1 aliphatic heterocycles. The van der Waals surface area contributed by atoms with Crippen molar-refractivity contribution in [2.24, 2.45) is 0 Å². The van der Waals surface area contributed by atoms with Gasteiger partial charge in [0.15, 0.2) is 5.69 Å². The molecule has 2 heterocycles. The molecular weight excluding hydrogens is 248 g/mol. The zero-order valence-electron chi connectivity index (χ0n) is 9.02. The highest BCUT2D eigenvalue weighted by atomic mass is 35.5. The average molecular weight is 263 g/mol. The number of hydrogen-bond donors (Lipinski definition) is 2. The summed E-state index contributed by atoms with van der Waals surface area (Å²) >= 11 is 1.06. The van der Waals surface area contributed by atoms with Crippen LogP contribution in [0.2, 0.25) is 0 Å². The molecule has 16 heavy (non-hydrogen) atoms. The maximum atomic E-state index is 11.8. The lowest BCUT2D eigenvalue weighted by atomic mass is 9.90. The second kappa shape index (κ2) is 5.56.